The van der Waals surface area contributed by atoms with Gasteiger partial charge in [-0.1, -0.05) is 6.07 Å². The molecule has 6 nitrogen and oxygen atoms in total. The molecule has 1 saturated heterocycles. The van der Waals surface area contributed by atoms with Crippen LogP contribution in [0.15, 0.2) is 30.0 Å². The van der Waals surface area contributed by atoms with Crippen molar-refractivity contribution in [2.45, 2.75) is 25.3 Å². The quantitative estimate of drug-likeness (QED) is 0.784. The molecule has 3 aliphatic heterocycles. The van der Waals surface area contributed by atoms with E-state index >= 15 is 0 Å². The average Bonchev–Trinajstić information content (AvgIpc) is 2.96. The van der Waals surface area contributed by atoms with Gasteiger partial charge in [-0.2, -0.15) is 5.17 Å². The van der Waals surface area contributed by atoms with Gasteiger partial charge in [0.25, 0.3) is 0 Å². The lowest BCUT2D eigenvalue weighted by atomic mass is 9.85. The fourth-order valence-corrected chi connectivity index (χ4v) is 3.66. The van der Waals surface area contributed by atoms with Crippen molar-refractivity contribution in [2.24, 2.45) is 5.92 Å². The number of hydrogen-bond donors (Lipinski definition) is 3. The molecule has 4 rings (SSSR count). The maximum atomic E-state index is 9.86. The number of hydrogen-bond acceptors (Lipinski definition) is 6. The van der Waals surface area contributed by atoms with Gasteiger partial charge >= 0.3 is 0 Å². The Kier molecular flexibility index (Phi) is 4.11. The maximum absolute atomic E-state index is 9.86. The van der Waals surface area contributed by atoms with Crippen LogP contribution < -0.4 is 20.2 Å². The van der Waals surface area contributed by atoms with Crippen LogP contribution >= 0.6 is 0 Å². The first-order valence-electron chi connectivity index (χ1n) is 8.35. The molecule has 3 N–H and O–H groups in total. The Morgan fingerprint density at radius 1 is 1.13 bits per heavy atom. The number of benzene rings is 1. The summed E-state index contributed by atoms with van der Waals surface area (Å²) in [5.74, 6) is 2.17. The number of hydroxylamine groups is 1. The highest BCUT2D eigenvalue weighted by molar-refractivity contribution is 5.44. The van der Waals surface area contributed by atoms with E-state index in [0.717, 1.165) is 49.0 Å². The van der Waals surface area contributed by atoms with Crippen LogP contribution in [0.4, 0.5) is 0 Å². The Balaban J connectivity index is 1.50. The second kappa shape index (κ2) is 6.39. The van der Waals surface area contributed by atoms with Gasteiger partial charge in [-0.3, -0.25) is 5.21 Å². The zero-order valence-corrected chi connectivity index (χ0v) is 13.1. The van der Waals surface area contributed by atoms with Crippen molar-refractivity contribution in [1.29, 1.82) is 0 Å². The van der Waals surface area contributed by atoms with Crippen LogP contribution in [0, 0.1) is 5.92 Å². The fraction of sp³-hybridized carbons (Fsp3) is 0.529. The lowest BCUT2D eigenvalue weighted by Crippen LogP contribution is -2.38. The molecule has 3 aliphatic rings. The highest BCUT2D eigenvalue weighted by atomic mass is 16.6. The number of nitrogens with zero attached hydrogens (tertiary/aromatic N) is 1. The van der Waals surface area contributed by atoms with Crippen LogP contribution in [0.5, 0.6) is 11.5 Å². The van der Waals surface area contributed by atoms with Crippen molar-refractivity contribution in [1.82, 2.24) is 15.9 Å². The molecule has 124 valence electrons. The van der Waals surface area contributed by atoms with Gasteiger partial charge in [0.1, 0.15) is 13.2 Å². The number of piperidine rings is 1. The van der Waals surface area contributed by atoms with Gasteiger partial charge in [0.15, 0.2) is 11.5 Å². The highest BCUT2D eigenvalue weighted by Gasteiger charge is 2.30. The number of hydrazine groups is 1. The maximum Gasteiger partial charge on any atom is 0.161 e. The van der Waals surface area contributed by atoms with Crippen molar-refractivity contribution in [2.75, 3.05) is 26.3 Å². The zero-order chi connectivity index (χ0) is 15.6. The van der Waals surface area contributed by atoms with Crippen molar-refractivity contribution >= 4 is 0 Å². The lowest BCUT2D eigenvalue weighted by Gasteiger charge is -2.27. The predicted molar refractivity (Wildman–Crippen MR) is 85.4 cm³/mol. The molecule has 0 aliphatic carbocycles. The van der Waals surface area contributed by atoms with E-state index in [2.05, 4.69) is 22.9 Å². The van der Waals surface area contributed by atoms with Crippen LogP contribution in [0.25, 0.3) is 0 Å². The molecule has 0 amide bonds. The normalized spacial score (nSPS) is 24.7. The Bertz CT molecular complexity index is 599. The Labute approximate surface area is 136 Å². The summed E-state index contributed by atoms with van der Waals surface area (Å²) in [6, 6.07) is 6.24. The van der Waals surface area contributed by atoms with E-state index < -0.39 is 0 Å². The van der Waals surface area contributed by atoms with Crippen LogP contribution in [0.3, 0.4) is 0 Å². The minimum absolute atomic E-state index is 0.130. The van der Waals surface area contributed by atoms with E-state index in [-0.39, 0.29) is 6.04 Å². The third-order valence-corrected chi connectivity index (χ3v) is 4.82. The molecule has 0 saturated carbocycles. The van der Waals surface area contributed by atoms with Gasteiger partial charge in [0, 0.05) is 6.20 Å². The van der Waals surface area contributed by atoms with E-state index in [1.165, 1.54) is 11.1 Å². The monoisotopic (exact) mass is 317 g/mol. The Morgan fingerprint density at radius 3 is 2.74 bits per heavy atom. The first-order chi connectivity index (χ1) is 11.3. The largest absolute Gasteiger partial charge is 0.486 e. The molecule has 1 unspecified atom stereocenters. The molecular formula is C17H23N3O3. The average molecular weight is 317 g/mol. The minimum atomic E-state index is 0.130. The van der Waals surface area contributed by atoms with Gasteiger partial charge in [0.2, 0.25) is 0 Å². The SMILES string of the molecule is ON1C=C(C2CCNCC2)C(Cc2ccc3c(c2)OCCO3)N1. The topological polar surface area (TPSA) is 66.0 Å². The summed E-state index contributed by atoms with van der Waals surface area (Å²) in [5.41, 5.74) is 5.61. The van der Waals surface area contributed by atoms with Crippen molar-refractivity contribution in [3.63, 3.8) is 0 Å². The highest BCUT2D eigenvalue weighted by Crippen LogP contribution is 2.33. The van der Waals surface area contributed by atoms with E-state index in [9.17, 15) is 5.21 Å². The zero-order valence-electron chi connectivity index (χ0n) is 13.1. The van der Waals surface area contributed by atoms with Gasteiger partial charge in [-0.15, -0.1) is 0 Å². The summed E-state index contributed by atoms with van der Waals surface area (Å²) in [6.07, 6.45) is 4.92. The summed E-state index contributed by atoms with van der Waals surface area (Å²) in [4.78, 5) is 0. The molecule has 1 aromatic carbocycles. The number of nitrogens with one attached hydrogen (secondary N) is 2. The summed E-state index contributed by atoms with van der Waals surface area (Å²) in [6.45, 7) is 3.30. The molecule has 0 aromatic heterocycles. The summed E-state index contributed by atoms with van der Waals surface area (Å²) in [7, 11) is 0. The lowest BCUT2D eigenvalue weighted by molar-refractivity contribution is -0.0839. The molecule has 1 atom stereocenters. The van der Waals surface area contributed by atoms with Gasteiger partial charge in [-0.05, 0) is 61.5 Å². The van der Waals surface area contributed by atoms with Gasteiger partial charge in [-0.25, -0.2) is 5.43 Å². The molecule has 1 aromatic rings. The van der Waals surface area contributed by atoms with Crippen LogP contribution in [0.1, 0.15) is 18.4 Å². The third kappa shape index (κ3) is 3.15. The molecule has 23 heavy (non-hydrogen) atoms. The van der Waals surface area contributed by atoms with Crippen LogP contribution in [-0.4, -0.2) is 42.7 Å². The van der Waals surface area contributed by atoms with Crippen LogP contribution in [0.2, 0.25) is 0 Å². The van der Waals surface area contributed by atoms with Crippen molar-refractivity contribution in [3.8, 4) is 11.5 Å². The standard InChI is InChI=1S/C17H23N3O3/c21-20-11-14(13-3-5-18-6-4-13)15(19-20)9-12-1-2-16-17(10-12)23-8-7-22-16/h1-2,10-11,13,15,18-19,21H,3-9H2. The second-order valence-electron chi connectivity index (χ2n) is 6.36. The third-order valence-electron chi connectivity index (χ3n) is 4.82. The molecule has 0 radical (unpaired) electrons. The number of ether oxygens (including phenoxy) is 2. The first kappa shape index (κ1) is 14.8. The van der Waals surface area contributed by atoms with Crippen molar-refractivity contribution in [3.05, 3.63) is 35.5 Å². The Morgan fingerprint density at radius 2 is 1.91 bits per heavy atom. The minimum Gasteiger partial charge on any atom is -0.486 e. The molecule has 1 fully saturated rings. The molecule has 0 spiro atoms. The first-order valence-corrected chi connectivity index (χ1v) is 8.35. The summed E-state index contributed by atoms with van der Waals surface area (Å²) >= 11 is 0. The van der Waals surface area contributed by atoms with Gasteiger partial charge in [0.05, 0.1) is 6.04 Å². The fourth-order valence-electron chi connectivity index (χ4n) is 3.66. The van der Waals surface area contributed by atoms with E-state index in [4.69, 9.17) is 9.47 Å². The van der Waals surface area contributed by atoms with E-state index in [1.807, 2.05) is 12.3 Å². The Hall–Kier alpha value is -1.76. The smallest absolute Gasteiger partial charge is 0.161 e. The molecule has 3 heterocycles. The predicted octanol–water partition coefficient (Wildman–Crippen LogP) is 1.46. The van der Waals surface area contributed by atoms with Crippen LogP contribution in [-0.2, 0) is 6.42 Å². The molecule has 0 bridgehead atoms. The van der Waals surface area contributed by atoms with Gasteiger partial charge < -0.3 is 14.8 Å². The summed E-state index contributed by atoms with van der Waals surface area (Å²) < 4.78 is 11.2. The molecular weight excluding hydrogens is 294 g/mol. The van der Waals surface area contributed by atoms with E-state index in [1.54, 1.807) is 0 Å². The summed E-state index contributed by atoms with van der Waals surface area (Å²) in [5, 5.41) is 14.4. The molecule has 6 heteroatoms. The number of rotatable bonds is 3. The number of fused-ring (bicyclic) bond motifs is 1. The second-order valence-corrected chi connectivity index (χ2v) is 6.36. The van der Waals surface area contributed by atoms with E-state index in [0.29, 0.717) is 19.1 Å². The van der Waals surface area contributed by atoms with Crippen molar-refractivity contribution < 1.29 is 14.7 Å².